The van der Waals surface area contributed by atoms with Crippen molar-refractivity contribution >= 4 is 35.2 Å². The van der Waals surface area contributed by atoms with Crippen molar-refractivity contribution in [1.29, 1.82) is 5.26 Å². The van der Waals surface area contributed by atoms with Crippen LogP contribution in [0.4, 0.5) is 5.82 Å². The van der Waals surface area contributed by atoms with Crippen molar-refractivity contribution in [2.45, 2.75) is 26.4 Å². The van der Waals surface area contributed by atoms with Crippen LogP contribution in [-0.2, 0) is 11.3 Å². The molecular formula is C21H18ClN7OS. The van der Waals surface area contributed by atoms with Crippen molar-refractivity contribution in [3.63, 3.8) is 0 Å². The second-order valence-electron chi connectivity index (χ2n) is 6.95. The molecule has 1 aromatic carbocycles. The van der Waals surface area contributed by atoms with Crippen LogP contribution in [0, 0.1) is 18.3 Å². The summed E-state index contributed by atoms with van der Waals surface area (Å²) in [7, 11) is 0. The summed E-state index contributed by atoms with van der Waals surface area (Å²) in [6, 6.07) is 11.0. The van der Waals surface area contributed by atoms with Gasteiger partial charge < -0.3 is 5.32 Å². The summed E-state index contributed by atoms with van der Waals surface area (Å²) in [5.41, 5.74) is 3.67. The Kier molecular flexibility index (Phi) is 5.84. The molecule has 0 aliphatic heterocycles. The number of rotatable bonds is 7. The van der Waals surface area contributed by atoms with E-state index in [2.05, 4.69) is 26.6 Å². The maximum atomic E-state index is 10.9. The standard InChI is InChI=1S/C21H18ClN7OS/c1-13(29-20(8-21(27-29)24-12-30)19-11-31-14(2)25-19)10-28-6-5-18(26-28)15-3-4-16(9-23)17(22)7-15/h3-8,11-13H,10H2,1-2H3,(H,24,27,30)/t13-/m0/s1. The van der Waals surface area contributed by atoms with Crippen molar-refractivity contribution in [2.24, 2.45) is 0 Å². The van der Waals surface area contributed by atoms with E-state index in [-0.39, 0.29) is 6.04 Å². The van der Waals surface area contributed by atoms with Gasteiger partial charge in [0, 0.05) is 23.2 Å². The number of nitriles is 1. The number of halogens is 1. The van der Waals surface area contributed by atoms with Gasteiger partial charge in [-0.1, -0.05) is 17.7 Å². The van der Waals surface area contributed by atoms with Crippen LogP contribution in [0.3, 0.4) is 0 Å². The molecule has 1 N–H and O–H groups in total. The normalized spacial score (nSPS) is 11.8. The Morgan fingerprint density at radius 1 is 1.29 bits per heavy atom. The molecule has 31 heavy (non-hydrogen) atoms. The van der Waals surface area contributed by atoms with Crippen LogP contribution in [-0.4, -0.2) is 31.0 Å². The molecule has 0 saturated heterocycles. The van der Waals surface area contributed by atoms with Gasteiger partial charge in [-0.05, 0) is 32.0 Å². The minimum atomic E-state index is -0.0588. The predicted molar refractivity (Wildman–Crippen MR) is 120 cm³/mol. The summed E-state index contributed by atoms with van der Waals surface area (Å²) < 4.78 is 3.68. The molecule has 0 aliphatic rings. The first-order chi connectivity index (χ1) is 15.0. The van der Waals surface area contributed by atoms with Gasteiger partial charge >= 0.3 is 0 Å². The van der Waals surface area contributed by atoms with E-state index in [4.69, 9.17) is 16.9 Å². The minimum absolute atomic E-state index is 0.0588. The van der Waals surface area contributed by atoms with E-state index < -0.39 is 0 Å². The highest BCUT2D eigenvalue weighted by atomic mass is 35.5. The van der Waals surface area contributed by atoms with Gasteiger partial charge in [0.05, 0.1) is 45.3 Å². The maximum Gasteiger partial charge on any atom is 0.212 e. The number of carbonyl (C=O) groups is 1. The number of aromatic nitrogens is 5. The third kappa shape index (κ3) is 4.35. The average molecular weight is 452 g/mol. The van der Waals surface area contributed by atoms with Gasteiger partial charge in [-0.25, -0.2) is 4.98 Å². The molecular weight excluding hydrogens is 434 g/mol. The molecule has 0 unspecified atom stereocenters. The van der Waals surface area contributed by atoms with Crippen LogP contribution < -0.4 is 5.32 Å². The Balaban J connectivity index is 1.59. The first kappa shape index (κ1) is 20.8. The SMILES string of the molecule is Cc1nc(-c2cc(NC=O)nn2[C@@H](C)Cn2ccc(-c3ccc(C#N)c(Cl)c3)n2)cs1. The lowest BCUT2D eigenvalue weighted by Crippen LogP contribution is -2.16. The van der Waals surface area contributed by atoms with E-state index in [1.165, 1.54) is 0 Å². The van der Waals surface area contributed by atoms with Crippen LogP contribution in [0.15, 0.2) is 41.9 Å². The first-order valence-corrected chi connectivity index (χ1v) is 10.7. The maximum absolute atomic E-state index is 10.9. The zero-order valence-electron chi connectivity index (χ0n) is 16.8. The van der Waals surface area contributed by atoms with Crippen molar-refractivity contribution in [3.05, 3.63) is 57.5 Å². The Bertz CT molecular complexity index is 1280. The summed E-state index contributed by atoms with van der Waals surface area (Å²) in [6.45, 7) is 4.53. The number of amides is 1. The smallest absolute Gasteiger partial charge is 0.212 e. The summed E-state index contributed by atoms with van der Waals surface area (Å²) in [6.07, 6.45) is 2.49. The second kappa shape index (κ2) is 8.71. The van der Waals surface area contributed by atoms with Gasteiger partial charge in [0.1, 0.15) is 6.07 Å². The zero-order valence-corrected chi connectivity index (χ0v) is 18.4. The number of aryl methyl sites for hydroxylation is 1. The Hall–Kier alpha value is -3.48. The molecule has 3 heterocycles. The van der Waals surface area contributed by atoms with Gasteiger partial charge in [-0.2, -0.15) is 15.5 Å². The fourth-order valence-electron chi connectivity index (χ4n) is 3.26. The van der Waals surface area contributed by atoms with E-state index in [0.717, 1.165) is 27.7 Å². The van der Waals surface area contributed by atoms with Crippen molar-refractivity contribution in [1.82, 2.24) is 24.5 Å². The fraction of sp³-hybridized carbons (Fsp3) is 0.190. The molecule has 1 atom stereocenters. The van der Waals surface area contributed by atoms with E-state index in [0.29, 0.717) is 29.4 Å². The number of hydrogen-bond acceptors (Lipinski definition) is 6. The molecule has 0 radical (unpaired) electrons. The van der Waals surface area contributed by atoms with Crippen LogP contribution in [0.2, 0.25) is 5.02 Å². The van der Waals surface area contributed by atoms with Gasteiger partial charge in [0.2, 0.25) is 6.41 Å². The molecule has 4 aromatic rings. The topological polar surface area (TPSA) is 101 Å². The van der Waals surface area contributed by atoms with Crippen molar-refractivity contribution < 1.29 is 4.79 Å². The highest BCUT2D eigenvalue weighted by Crippen LogP contribution is 2.28. The highest BCUT2D eigenvalue weighted by molar-refractivity contribution is 7.09. The molecule has 1 amide bonds. The Labute approximate surface area is 187 Å². The number of carbonyl (C=O) groups excluding carboxylic acids is 1. The molecule has 8 nitrogen and oxygen atoms in total. The second-order valence-corrected chi connectivity index (χ2v) is 8.42. The largest absolute Gasteiger partial charge is 0.312 e. The van der Waals surface area contributed by atoms with Gasteiger partial charge in [-0.15, -0.1) is 11.3 Å². The molecule has 0 saturated carbocycles. The molecule has 10 heteroatoms. The van der Waals surface area contributed by atoms with Crippen LogP contribution in [0.25, 0.3) is 22.6 Å². The Morgan fingerprint density at radius 3 is 2.81 bits per heavy atom. The van der Waals surface area contributed by atoms with Crippen LogP contribution >= 0.6 is 22.9 Å². The number of nitrogens with one attached hydrogen (secondary N) is 1. The number of anilines is 1. The highest BCUT2D eigenvalue weighted by Gasteiger charge is 2.18. The monoisotopic (exact) mass is 451 g/mol. The van der Waals surface area contributed by atoms with E-state index in [9.17, 15) is 4.79 Å². The van der Waals surface area contributed by atoms with Crippen LogP contribution in [0.5, 0.6) is 0 Å². The minimum Gasteiger partial charge on any atom is -0.312 e. The van der Waals surface area contributed by atoms with Crippen LogP contribution in [0.1, 0.15) is 23.5 Å². The number of nitrogens with zero attached hydrogens (tertiary/aromatic N) is 6. The lowest BCUT2D eigenvalue weighted by atomic mass is 10.1. The number of hydrogen-bond donors (Lipinski definition) is 1. The zero-order chi connectivity index (χ0) is 22.0. The van der Waals surface area contributed by atoms with Gasteiger partial charge in [0.25, 0.3) is 0 Å². The summed E-state index contributed by atoms with van der Waals surface area (Å²) >= 11 is 7.71. The molecule has 156 valence electrons. The molecule has 3 aromatic heterocycles. The number of thiazole rings is 1. The van der Waals surface area contributed by atoms with E-state index >= 15 is 0 Å². The van der Waals surface area contributed by atoms with E-state index in [1.54, 1.807) is 23.5 Å². The Morgan fingerprint density at radius 2 is 2.13 bits per heavy atom. The molecule has 0 fully saturated rings. The predicted octanol–water partition coefficient (Wildman–Crippen LogP) is 4.53. The molecule has 0 aliphatic carbocycles. The summed E-state index contributed by atoms with van der Waals surface area (Å²) in [4.78, 5) is 15.4. The quantitative estimate of drug-likeness (QED) is 0.416. The fourth-order valence-corrected chi connectivity index (χ4v) is 4.09. The first-order valence-electron chi connectivity index (χ1n) is 9.44. The summed E-state index contributed by atoms with van der Waals surface area (Å²) in [5.74, 6) is 0.468. The molecule has 0 spiro atoms. The third-order valence-electron chi connectivity index (χ3n) is 4.72. The lowest BCUT2D eigenvalue weighted by Gasteiger charge is -2.15. The molecule has 0 bridgehead atoms. The van der Waals surface area contributed by atoms with Gasteiger partial charge in [-0.3, -0.25) is 14.2 Å². The van der Waals surface area contributed by atoms with Crippen molar-refractivity contribution in [3.8, 4) is 28.7 Å². The number of benzene rings is 1. The van der Waals surface area contributed by atoms with E-state index in [1.807, 2.05) is 53.0 Å². The molecule has 4 rings (SSSR count). The lowest BCUT2D eigenvalue weighted by molar-refractivity contribution is -0.105. The summed E-state index contributed by atoms with van der Waals surface area (Å²) in [5, 5.41) is 24.2. The van der Waals surface area contributed by atoms with Crippen molar-refractivity contribution in [2.75, 3.05) is 5.32 Å². The third-order valence-corrected chi connectivity index (χ3v) is 5.80. The average Bonchev–Trinajstić information content (AvgIpc) is 3.48. The van der Waals surface area contributed by atoms with Gasteiger partial charge in [0.15, 0.2) is 5.82 Å².